The van der Waals surface area contributed by atoms with Gasteiger partial charge in [0.25, 0.3) is 0 Å². The van der Waals surface area contributed by atoms with Crippen molar-refractivity contribution >= 4 is 5.91 Å². The number of carbonyl (C=O) groups excluding carboxylic acids is 1. The monoisotopic (exact) mass is 236 g/mol. The van der Waals surface area contributed by atoms with Crippen LogP contribution in [0, 0.1) is 24.2 Å². The van der Waals surface area contributed by atoms with E-state index in [1.165, 1.54) is 6.42 Å². The van der Waals surface area contributed by atoms with Gasteiger partial charge in [-0.2, -0.15) is 0 Å². The third-order valence-corrected chi connectivity index (χ3v) is 3.57. The Morgan fingerprint density at radius 1 is 1.47 bits per heavy atom. The van der Waals surface area contributed by atoms with Gasteiger partial charge < -0.3 is 4.90 Å². The highest BCUT2D eigenvalue weighted by atomic mass is 16.2. The van der Waals surface area contributed by atoms with E-state index in [9.17, 15) is 4.79 Å². The molecule has 1 unspecified atom stereocenters. The Hall–Kier alpha value is -1.01. The first-order chi connectivity index (χ1) is 8.15. The summed E-state index contributed by atoms with van der Waals surface area (Å²) < 4.78 is 0. The zero-order valence-corrected chi connectivity index (χ0v) is 11.0. The van der Waals surface area contributed by atoms with Crippen molar-refractivity contribution in [3.63, 3.8) is 0 Å². The zero-order valence-electron chi connectivity index (χ0n) is 11.0. The van der Waals surface area contributed by atoms with E-state index in [1.54, 1.807) is 0 Å². The molecule has 0 bridgehead atoms. The summed E-state index contributed by atoms with van der Waals surface area (Å²) in [7, 11) is 0. The maximum atomic E-state index is 11.9. The Kier molecular flexibility index (Phi) is 6.07. The fourth-order valence-electron chi connectivity index (χ4n) is 2.39. The van der Waals surface area contributed by atoms with Gasteiger partial charge in [0.1, 0.15) is 0 Å². The van der Waals surface area contributed by atoms with Gasteiger partial charge in [-0.1, -0.05) is 19.8 Å². The first-order valence-corrected chi connectivity index (χ1v) is 6.57. The van der Waals surface area contributed by atoms with Crippen LogP contribution < -0.4 is 5.32 Å². The van der Waals surface area contributed by atoms with Crippen LogP contribution >= 0.6 is 0 Å². The summed E-state index contributed by atoms with van der Waals surface area (Å²) in [4.78, 5) is 13.9. The molecule has 1 heterocycles. The molecule has 0 spiro atoms. The highest BCUT2D eigenvalue weighted by Gasteiger charge is 2.21. The van der Waals surface area contributed by atoms with E-state index in [0.29, 0.717) is 13.1 Å². The molecule has 0 aromatic rings. The van der Waals surface area contributed by atoms with Crippen LogP contribution in [0.5, 0.6) is 0 Å². The van der Waals surface area contributed by atoms with Crippen molar-refractivity contribution in [3.05, 3.63) is 0 Å². The number of carbonyl (C=O) groups is 1. The van der Waals surface area contributed by atoms with Crippen LogP contribution in [0.4, 0.5) is 0 Å². The van der Waals surface area contributed by atoms with Crippen molar-refractivity contribution in [3.8, 4) is 12.3 Å². The second-order valence-electron chi connectivity index (χ2n) is 5.12. The van der Waals surface area contributed by atoms with Gasteiger partial charge in [0.15, 0.2) is 0 Å². The van der Waals surface area contributed by atoms with Gasteiger partial charge in [-0.3, -0.25) is 10.1 Å². The second kappa shape index (κ2) is 7.34. The molecule has 17 heavy (non-hydrogen) atoms. The molecule has 1 rings (SSSR count). The summed E-state index contributed by atoms with van der Waals surface area (Å²) in [5.41, 5.74) is 0. The molecule has 0 aromatic carbocycles. The number of nitrogens with zero attached hydrogens (tertiary/aromatic N) is 1. The lowest BCUT2D eigenvalue weighted by Gasteiger charge is -2.21. The van der Waals surface area contributed by atoms with Gasteiger partial charge in [-0.15, -0.1) is 6.42 Å². The summed E-state index contributed by atoms with van der Waals surface area (Å²) in [5, 5.41) is 2.96. The molecule has 1 fully saturated rings. The molecule has 3 heteroatoms. The Labute approximate surface area is 105 Å². The lowest BCUT2D eigenvalue weighted by molar-refractivity contribution is -0.130. The van der Waals surface area contributed by atoms with Crippen molar-refractivity contribution in [2.75, 3.05) is 26.2 Å². The quantitative estimate of drug-likeness (QED) is 0.592. The molecular formula is C14H24N2O. The number of terminal acetylenes is 1. The van der Waals surface area contributed by atoms with E-state index in [2.05, 4.69) is 25.1 Å². The van der Waals surface area contributed by atoms with E-state index in [0.717, 1.165) is 37.8 Å². The van der Waals surface area contributed by atoms with Crippen molar-refractivity contribution in [1.29, 1.82) is 0 Å². The third-order valence-electron chi connectivity index (χ3n) is 3.57. The molecule has 3 nitrogen and oxygen atoms in total. The molecule has 1 aliphatic rings. The van der Waals surface area contributed by atoms with Gasteiger partial charge in [0.2, 0.25) is 5.91 Å². The minimum absolute atomic E-state index is 0.185. The average molecular weight is 236 g/mol. The van der Waals surface area contributed by atoms with Crippen molar-refractivity contribution in [1.82, 2.24) is 10.2 Å². The summed E-state index contributed by atoms with van der Waals surface area (Å²) in [6.07, 6.45) is 8.65. The van der Waals surface area contributed by atoms with Gasteiger partial charge in [0.05, 0.1) is 13.1 Å². The van der Waals surface area contributed by atoms with Crippen LogP contribution in [-0.4, -0.2) is 37.0 Å². The molecule has 0 radical (unpaired) electrons. The minimum Gasteiger partial charge on any atom is -0.342 e. The standard InChI is InChI=1S/C14H24N2O/c1-4-8-15-11-14(17)16-9-5-6-13(7-10-16)12(2)3/h1,12-13,15H,5-11H2,2-3H3. The molecule has 1 atom stereocenters. The molecule has 1 saturated heterocycles. The maximum Gasteiger partial charge on any atom is 0.236 e. The number of likely N-dealkylation sites (tertiary alicyclic amines) is 1. The Morgan fingerprint density at radius 2 is 2.24 bits per heavy atom. The van der Waals surface area contributed by atoms with Gasteiger partial charge in [-0.25, -0.2) is 0 Å². The van der Waals surface area contributed by atoms with Crippen molar-refractivity contribution in [2.45, 2.75) is 33.1 Å². The Morgan fingerprint density at radius 3 is 2.88 bits per heavy atom. The van der Waals surface area contributed by atoms with Gasteiger partial charge in [-0.05, 0) is 31.1 Å². The van der Waals surface area contributed by atoms with Crippen LogP contribution in [0.25, 0.3) is 0 Å². The van der Waals surface area contributed by atoms with Crippen LogP contribution in [0.2, 0.25) is 0 Å². The van der Waals surface area contributed by atoms with E-state index in [-0.39, 0.29) is 5.91 Å². The summed E-state index contributed by atoms with van der Waals surface area (Å²) in [6.45, 7) is 7.19. The number of amides is 1. The van der Waals surface area contributed by atoms with Gasteiger partial charge >= 0.3 is 0 Å². The largest absolute Gasteiger partial charge is 0.342 e. The summed E-state index contributed by atoms with van der Waals surface area (Å²) >= 11 is 0. The second-order valence-corrected chi connectivity index (χ2v) is 5.12. The first kappa shape index (κ1) is 14.1. The van der Waals surface area contributed by atoms with Crippen LogP contribution in [0.1, 0.15) is 33.1 Å². The smallest absolute Gasteiger partial charge is 0.236 e. The molecule has 0 saturated carbocycles. The van der Waals surface area contributed by atoms with Crippen molar-refractivity contribution in [2.24, 2.45) is 11.8 Å². The average Bonchev–Trinajstić information content (AvgIpc) is 2.54. The lowest BCUT2D eigenvalue weighted by atomic mass is 9.89. The summed E-state index contributed by atoms with van der Waals surface area (Å²) in [6, 6.07) is 0. The zero-order chi connectivity index (χ0) is 12.7. The number of hydrogen-bond acceptors (Lipinski definition) is 2. The van der Waals surface area contributed by atoms with E-state index >= 15 is 0 Å². The predicted molar refractivity (Wildman–Crippen MR) is 70.5 cm³/mol. The number of rotatable bonds is 4. The molecule has 1 amide bonds. The number of hydrogen-bond donors (Lipinski definition) is 1. The highest BCUT2D eigenvalue weighted by Crippen LogP contribution is 2.24. The molecular weight excluding hydrogens is 212 g/mol. The minimum atomic E-state index is 0.185. The molecule has 0 aliphatic carbocycles. The predicted octanol–water partition coefficient (Wildman–Crippen LogP) is 1.49. The van der Waals surface area contributed by atoms with Crippen molar-refractivity contribution < 1.29 is 4.79 Å². The Balaban J connectivity index is 2.35. The summed E-state index contributed by atoms with van der Waals surface area (Å²) in [5.74, 6) is 4.16. The Bertz CT molecular complexity index is 280. The lowest BCUT2D eigenvalue weighted by Crippen LogP contribution is -2.39. The fourth-order valence-corrected chi connectivity index (χ4v) is 2.39. The van der Waals surface area contributed by atoms with E-state index < -0.39 is 0 Å². The van der Waals surface area contributed by atoms with Crippen LogP contribution in [0.3, 0.4) is 0 Å². The highest BCUT2D eigenvalue weighted by molar-refractivity contribution is 5.78. The number of nitrogens with one attached hydrogen (secondary N) is 1. The fraction of sp³-hybridized carbons (Fsp3) is 0.786. The normalized spacial score (nSPS) is 21.1. The first-order valence-electron chi connectivity index (χ1n) is 6.57. The van der Waals surface area contributed by atoms with E-state index in [4.69, 9.17) is 6.42 Å². The van der Waals surface area contributed by atoms with Gasteiger partial charge in [0, 0.05) is 13.1 Å². The topological polar surface area (TPSA) is 32.3 Å². The van der Waals surface area contributed by atoms with Crippen LogP contribution in [-0.2, 0) is 4.79 Å². The maximum absolute atomic E-state index is 11.9. The molecule has 1 aliphatic heterocycles. The van der Waals surface area contributed by atoms with E-state index in [1.807, 2.05) is 4.90 Å². The van der Waals surface area contributed by atoms with Crippen LogP contribution in [0.15, 0.2) is 0 Å². The molecule has 1 N–H and O–H groups in total. The molecule has 96 valence electrons. The molecule has 0 aromatic heterocycles. The SMILES string of the molecule is C#CCNCC(=O)N1CCCC(C(C)C)CC1. The third kappa shape index (κ3) is 4.79.